The van der Waals surface area contributed by atoms with Crippen molar-refractivity contribution < 1.29 is 9.59 Å². The van der Waals surface area contributed by atoms with Gasteiger partial charge in [0.15, 0.2) is 0 Å². The van der Waals surface area contributed by atoms with Gasteiger partial charge in [0.05, 0.1) is 6.67 Å². The maximum absolute atomic E-state index is 13.1. The number of fused-ring (bicyclic) bond motifs is 1. The fourth-order valence-electron chi connectivity index (χ4n) is 3.82. The number of urea groups is 1. The second-order valence-corrected chi connectivity index (χ2v) is 7.17. The van der Waals surface area contributed by atoms with Gasteiger partial charge in [0.1, 0.15) is 5.54 Å². The molecule has 2 saturated heterocycles. The molecule has 2 aliphatic rings. The molecule has 2 aromatic rings. The van der Waals surface area contributed by atoms with Crippen LogP contribution in [0.4, 0.5) is 4.79 Å². The summed E-state index contributed by atoms with van der Waals surface area (Å²) in [6.07, 6.45) is 3.49. The Bertz CT molecular complexity index is 829. The topological polar surface area (TPSA) is 52.7 Å². The Balaban J connectivity index is 1.62. The van der Waals surface area contributed by atoms with Crippen molar-refractivity contribution in [3.8, 4) is 0 Å². The predicted octanol–water partition coefficient (Wildman–Crippen LogP) is 3.05. The van der Waals surface area contributed by atoms with E-state index in [2.05, 4.69) is 10.2 Å². The summed E-state index contributed by atoms with van der Waals surface area (Å²) in [6, 6.07) is 13.7. The number of nitrogens with one attached hydrogen (secondary N) is 1. The lowest BCUT2D eigenvalue weighted by Gasteiger charge is -2.30. The Morgan fingerprint density at radius 2 is 1.72 bits per heavy atom. The third-order valence-electron chi connectivity index (χ3n) is 5.39. The minimum Gasteiger partial charge on any atom is -0.319 e. The quantitative estimate of drug-likeness (QED) is 0.876. The van der Waals surface area contributed by atoms with Crippen LogP contribution < -0.4 is 5.32 Å². The van der Waals surface area contributed by atoms with Gasteiger partial charge in [0.2, 0.25) is 0 Å². The van der Waals surface area contributed by atoms with E-state index in [1.807, 2.05) is 42.5 Å². The Morgan fingerprint density at radius 3 is 2.48 bits per heavy atom. The van der Waals surface area contributed by atoms with Crippen molar-refractivity contribution >= 4 is 22.7 Å². The standard InChI is InChI=1S/C20H23N3O2/c1-20(17-10-9-15-7-3-4-8-16(15)13-17)18(24)23(19(25)21-20)14-22-11-5-2-6-12-22/h3-4,7-10,13H,2,5-6,11-12,14H2,1H3,(H,21,25)/t20-/m1/s1. The van der Waals surface area contributed by atoms with Gasteiger partial charge in [-0.3, -0.25) is 9.69 Å². The highest BCUT2D eigenvalue weighted by Crippen LogP contribution is 2.31. The van der Waals surface area contributed by atoms with Crippen LogP contribution >= 0.6 is 0 Å². The van der Waals surface area contributed by atoms with Crippen LogP contribution in [0.3, 0.4) is 0 Å². The molecular formula is C20H23N3O2. The van der Waals surface area contributed by atoms with E-state index in [-0.39, 0.29) is 11.9 Å². The van der Waals surface area contributed by atoms with Crippen LogP contribution in [-0.2, 0) is 10.3 Å². The highest BCUT2D eigenvalue weighted by atomic mass is 16.2. The van der Waals surface area contributed by atoms with E-state index in [4.69, 9.17) is 0 Å². The van der Waals surface area contributed by atoms with Crippen LogP contribution in [0, 0.1) is 0 Å². The molecule has 5 nitrogen and oxygen atoms in total. The van der Waals surface area contributed by atoms with Crippen molar-refractivity contribution in [2.75, 3.05) is 19.8 Å². The van der Waals surface area contributed by atoms with Crippen molar-refractivity contribution in [3.05, 3.63) is 48.0 Å². The van der Waals surface area contributed by atoms with Gasteiger partial charge in [0.25, 0.3) is 5.91 Å². The molecule has 0 aromatic heterocycles. The van der Waals surface area contributed by atoms with Crippen LogP contribution in [0.5, 0.6) is 0 Å². The third-order valence-corrected chi connectivity index (χ3v) is 5.39. The van der Waals surface area contributed by atoms with E-state index in [9.17, 15) is 9.59 Å². The van der Waals surface area contributed by atoms with Crippen LogP contribution in [0.15, 0.2) is 42.5 Å². The lowest BCUT2D eigenvalue weighted by molar-refractivity contribution is -0.132. The highest BCUT2D eigenvalue weighted by molar-refractivity contribution is 6.07. The summed E-state index contributed by atoms with van der Waals surface area (Å²) in [4.78, 5) is 29.1. The predicted molar refractivity (Wildman–Crippen MR) is 97.0 cm³/mol. The maximum atomic E-state index is 13.1. The third kappa shape index (κ3) is 2.78. The zero-order valence-electron chi connectivity index (χ0n) is 14.5. The van der Waals surface area contributed by atoms with Gasteiger partial charge in [-0.05, 0) is 55.3 Å². The second-order valence-electron chi connectivity index (χ2n) is 7.17. The van der Waals surface area contributed by atoms with Gasteiger partial charge in [-0.1, -0.05) is 42.8 Å². The van der Waals surface area contributed by atoms with Crippen molar-refractivity contribution in [2.24, 2.45) is 0 Å². The van der Waals surface area contributed by atoms with Crippen LogP contribution in [0.1, 0.15) is 31.7 Å². The number of piperidine rings is 1. The number of carbonyl (C=O) groups is 2. The summed E-state index contributed by atoms with van der Waals surface area (Å²) in [5.41, 5.74) is -0.178. The largest absolute Gasteiger partial charge is 0.326 e. The molecule has 0 bridgehead atoms. The Kier molecular flexibility index (Phi) is 3.96. The van der Waals surface area contributed by atoms with Gasteiger partial charge in [-0.25, -0.2) is 9.69 Å². The molecular weight excluding hydrogens is 314 g/mol. The van der Waals surface area contributed by atoms with Crippen LogP contribution in [-0.4, -0.2) is 41.5 Å². The molecule has 0 unspecified atom stereocenters. The molecule has 25 heavy (non-hydrogen) atoms. The van der Waals surface area contributed by atoms with Crippen molar-refractivity contribution in [3.63, 3.8) is 0 Å². The lowest BCUT2D eigenvalue weighted by Crippen LogP contribution is -2.45. The average molecular weight is 337 g/mol. The first-order valence-electron chi connectivity index (χ1n) is 8.94. The molecule has 2 fully saturated rings. The smallest absolute Gasteiger partial charge is 0.319 e. The van der Waals surface area contributed by atoms with Crippen LogP contribution in [0.2, 0.25) is 0 Å². The molecule has 130 valence electrons. The van der Waals surface area contributed by atoms with Crippen molar-refractivity contribution in [1.29, 1.82) is 0 Å². The van der Waals surface area contributed by atoms with Gasteiger partial charge < -0.3 is 5.32 Å². The van der Waals surface area contributed by atoms with E-state index in [0.717, 1.165) is 42.3 Å². The summed E-state index contributed by atoms with van der Waals surface area (Å²) in [6.45, 7) is 4.08. The molecule has 3 amide bonds. The SMILES string of the molecule is C[C@]1(c2ccc3ccccc3c2)NC(=O)N(CN2CCCCC2)C1=O. The zero-order valence-corrected chi connectivity index (χ0v) is 14.5. The molecule has 2 heterocycles. The average Bonchev–Trinajstić information content (AvgIpc) is 2.86. The molecule has 1 N–H and O–H groups in total. The number of benzene rings is 2. The number of nitrogens with zero attached hydrogens (tertiary/aromatic N) is 2. The van der Waals surface area contributed by atoms with Gasteiger partial charge in [-0.2, -0.15) is 0 Å². The molecule has 5 heteroatoms. The zero-order chi connectivity index (χ0) is 17.4. The minimum absolute atomic E-state index is 0.168. The summed E-state index contributed by atoms with van der Waals surface area (Å²) in [7, 11) is 0. The molecule has 4 rings (SSSR count). The molecule has 0 saturated carbocycles. The van der Waals surface area contributed by atoms with E-state index >= 15 is 0 Å². The number of carbonyl (C=O) groups excluding carboxylic acids is 2. The number of amides is 3. The second kappa shape index (κ2) is 6.15. The van der Waals surface area contributed by atoms with E-state index in [1.54, 1.807) is 6.92 Å². The fourth-order valence-corrected chi connectivity index (χ4v) is 3.82. The number of hydrogen-bond donors (Lipinski definition) is 1. The van der Waals surface area contributed by atoms with Crippen LogP contribution in [0.25, 0.3) is 10.8 Å². The van der Waals surface area contributed by atoms with Gasteiger partial charge >= 0.3 is 6.03 Å². The maximum Gasteiger partial charge on any atom is 0.326 e. The van der Waals surface area contributed by atoms with Gasteiger partial charge in [0, 0.05) is 0 Å². The van der Waals surface area contributed by atoms with E-state index in [0.29, 0.717) is 6.67 Å². The summed E-state index contributed by atoms with van der Waals surface area (Å²) < 4.78 is 0. The van der Waals surface area contributed by atoms with Crippen molar-refractivity contribution in [1.82, 2.24) is 15.1 Å². The summed E-state index contributed by atoms with van der Waals surface area (Å²) in [5, 5.41) is 5.10. The van der Waals surface area contributed by atoms with E-state index in [1.165, 1.54) is 11.3 Å². The molecule has 1 atom stereocenters. The number of likely N-dealkylation sites (tertiary alicyclic amines) is 1. The fraction of sp³-hybridized carbons (Fsp3) is 0.400. The summed E-state index contributed by atoms with van der Waals surface area (Å²) >= 11 is 0. The normalized spacial score (nSPS) is 24.8. The Morgan fingerprint density at radius 1 is 1.00 bits per heavy atom. The Labute approximate surface area is 147 Å². The lowest BCUT2D eigenvalue weighted by atomic mass is 9.90. The number of imide groups is 1. The first-order valence-corrected chi connectivity index (χ1v) is 8.94. The first kappa shape index (κ1) is 16.1. The van der Waals surface area contributed by atoms with Crippen molar-refractivity contribution in [2.45, 2.75) is 31.7 Å². The Hall–Kier alpha value is -2.40. The van der Waals surface area contributed by atoms with Gasteiger partial charge in [-0.15, -0.1) is 0 Å². The minimum atomic E-state index is -1.00. The molecule has 0 aliphatic carbocycles. The highest BCUT2D eigenvalue weighted by Gasteiger charge is 2.49. The summed E-state index contributed by atoms with van der Waals surface area (Å²) in [5.74, 6) is -0.168. The molecule has 0 spiro atoms. The number of rotatable bonds is 3. The molecule has 0 radical (unpaired) electrons. The van der Waals surface area contributed by atoms with E-state index < -0.39 is 5.54 Å². The monoisotopic (exact) mass is 337 g/mol. The molecule has 2 aliphatic heterocycles. The first-order chi connectivity index (χ1) is 12.1. The molecule has 2 aromatic carbocycles. The number of hydrogen-bond acceptors (Lipinski definition) is 3.